The Balaban J connectivity index is 1.73. The number of benzene rings is 2. The van der Waals surface area contributed by atoms with Crippen LogP contribution in [0.5, 0.6) is 5.75 Å². The molecule has 3 N–H and O–H groups in total. The average Bonchev–Trinajstić information content (AvgIpc) is 2.67. The molecular formula is C21H20N2O5. The molecule has 7 nitrogen and oxygen atoms in total. The molecule has 28 heavy (non-hydrogen) atoms. The highest BCUT2D eigenvalue weighted by molar-refractivity contribution is 5.88. The molecule has 144 valence electrons. The molecule has 1 amide bonds. The van der Waals surface area contributed by atoms with Crippen LogP contribution >= 0.6 is 0 Å². The molecule has 3 aromatic rings. The molecule has 1 unspecified atom stereocenters. The third-order valence-corrected chi connectivity index (χ3v) is 4.34. The number of aromatic nitrogens is 1. The van der Waals surface area contributed by atoms with Crippen LogP contribution in [0.4, 0.5) is 0 Å². The van der Waals surface area contributed by atoms with Gasteiger partial charge in [0.1, 0.15) is 12.4 Å². The van der Waals surface area contributed by atoms with Gasteiger partial charge in [0.25, 0.3) is 5.56 Å². The van der Waals surface area contributed by atoms with Crippen molar-refractivity contribution in [3.8, 4) is 5.75 Å². The number of amides is 1. The SMILES string of the molecule is CC(COc1ccccc1)(NC(=O)Cc1cc2ccccc2[nH]c1=O)C(=O)O. The van der Waals surface area contributed by atoms with Crippen LogP contribution in [0.3, 0.4) is 0 Å². The van der Waals surface area contributed by atoms with Gasteiger partial charge in [-0.15, -0.1) is 0 Å². The monoisotopic (exact) mass is 380 g/mol. The second-order valence-corrected chi connectivity index (χ2v) is 6.67. The van der Waals surface area contributed by atoms with E-state index in [-0.39, 0.29) is 24.2 Å². The number of rotatable bonds is 7. The highest BCUT2D eigenvalue weighted by Gasteiger charge is 2.36. The van der Waals surface area contributed by atoms with E-state index in [4.69, 9.17) is 4.74 Å². The predicted molar refractivity (Wildman–Crippen MR) is 104 cm³/mol. The maximum absolute atomic E-state index is 12.4. The first-order valence-corrected chi connectivity index (χ1v) is 8.70. The van der Waals surface area contributed by atoms with Crippen LogP contribution in [0.25, 0.3) is 10.9 Å². The van der Waals surface area contributed by atoms with Crippen LogP contribution in [0, 0.1) is 0 Å². The number of carbonyl (C=O) groups excluding carboxylic acids is 1. The number of hydrogen-bond donors (Lipinski definition) is 3. The van der Waals surface area contributed by atoms with Crippen LogP contribution in [0.2, 0.25) is 0 Å². The summed E-state index contributed by atoms with van der Waals surface area (Å²) in [6.45, 7) is 1.10. The van der Waals surface area contributed by atoms with E-state index in [0.29, 0.717) is 11.3 Å². The number of fused-ring (bicyclic) bond motifs is 1. The smallest absolute Gasteiger partial charge is 0.332 e. The summed E-state index contributed by atoms with van der Waals surface area (Å²) in [5.41, 5.74) is -1.10. The van der Waals surface area contributed by atoms with Crippen molar-refractivity contribution in [2.45, 2.75) is 18.9 Å². The van der Waals surface area contributed by atoms with Crippen molar-refractivity contribution in [1.82, 2.24) is 10.3 Å². The van der Waals surface area contributed by atoms with Gasteiger partial charge in [0.2, 0.25) is 5.91 Å². The lowest BCUT2D eigenvalue weighted by Gasteiger charge is -2.26. The van der Waals surface area contributed by atoms with Gasteiger partial charge < -0.3 is 20.1 Å². The highest BCUT2D eigenvalue weighted by Crippen LogP contribution is 2.14. The second-order valence-electron chi connectivity index (χ2n) is 6.67. The third kappa shape index (κ3) is 4.37. The molecule has 0 radical (unpaired) electrons. The van der Waals surface area contributed by atoms with E-state index in [1.165, 1.54) is 6.92 Å². The van der Waals surface area contributed by atoms with E-state index in [1.807, 2.05) is 18.2 Å². The Morgan fingerprint density at radius 1 is 1.11 bits per heavy atom. The first-order chi connectivity index (χ1) is 13.4. The summed E-state index contributed by atoms with van der Waals surface area (Å²) >= 11 is 0. The lowest BCUT2D eigenvalue weighted by atomic mass is 10.0. The zero-order chi connectivity index (χ0) is 20.1. The minimum atomic E-state index is -1.64. The molecule has 1 atom stereocenters. The Hall–Kier alpha value is -3.61. The summed E-state index contributed by atoms with van der Waals surface area (Å²) < 4.78 is 5.50. The molecule has 0 spiro atoms. The number of carboxylic acid groups (broad SMARTS) is 1. The molecule has 1 heterocycles. The van der Waals surface area contributed by atoms with E-state index in [0.717, 1.165) is 5.39 Å². The van der Waals surface area contributed by atoms with Gasteiger partial charge in [0.15, 0.2) is 5.54 Å². The number of para-hydroxylation sites is 2. The third-order valence-electron chi connectivity index (χ3n) is 4.34. The quantitative estimate of drug-likeness (QED) is 0.582. The van der Waals surface area contributed by atoms with Crippen molar-refractivity contribution in [2.24, 2.45) is 0 Å². The molecule has 1 aromatic heterocycles. The van der Waals surface area contributed by atoms with Gasteiger partial charge in [0.05, 0.1) is 6.42 Å². The molecule has 0 saturated heterocycles. The second kappa shape index (κ2) is 7.96. The number of ether oxygens (including phenoxy) is 1. The van der Waals surface area contributed by atoms with Gasteiger partial charge in [-0.1, -0.05) is 36.4 Å². The first-order valence-electron chi connectivity index (χ1n) is 8.70. The normalized spacial score (nSPS) is 12.9. The van der Waals surface area contributed by atoms with E-state index >= 15 is 0 Å². The summed E-state index contributed by atoms with van der Waals surface area (Å²) in [4.78, 5) is 39.1. The summed E-state index contributed by atoms with van der Waals surface area (Å²) in [5, 5.41) is 12.8. The molecule has 3 rings (SSSR count). The Morgan fingerprint density at radius 3 is 2.50 bits per heavy atom. The first kappa shape index (κ1) is 19.2. The van der Waals surface area contributed by atoms with Crippen molar-refractivity contribution < 1.29 is 19.4 Å². The average molecular weight is 380 g/mol. The van der Waals surface area contributed by atoms with Crippen molar-refractivity contribution in [3.05, 3.63) is 76.6 Å². The molecule has 7 heteroatoms. The standard InChI is InChI=1S/C21H20N2O5/c1-21(20(26)27,13-28-16-8-3-2-4-9-16)23-18(24)12-15-11-14-7-5-6-10-17(14)22-19(15)25/h2-11H,12-13H2,1H3,(H,22,25)(H,23,24)(H,26,27). The Labute approximate surface area is 161 Å². The molecule has 0 bridgehead atoms. The summed E-state index contributed by atoms with van der Waals surface area (Å²) in [6, 6.07) is 17.6. The molecule has 0 saturated carbocycles. The van der Waals surface area contributed by atoms with Gasteiger partial charge >= 0.3 is 5.97 Å². The lowest BCUT2D eigenvalue weighted by Crippen LogP contribution is -2.56. The zero-order valence-corrected chi connectivity index (χ0v) is 15.3. The summed E-state index contributed by atoms with van der Waals surface area (Å²) in [7, 11) is 0. The number of hydrogen-bond acceptors (Lipinski definition) is 4. The fourth-order valence-electron chi connectivity index (χ4n) is 2.74. The van der Waals surface area contributed by atoms with Crippen LogP contribution < -0.4 is 15.6 Å². The van der Waals surface area contributed by atoms with Gasteiger partial charge in [0, 0.05) is 11.1 Å². The van der Waals surface area contributed by atoms with Crippen molar-refractivity contribution >= 4 is 22.8 Å². The Bertz CT molecular complexity index is 1060. The van der Waals surface area contributed by atoms with Crippen molar-refractivity contribution in [1.29, 1.82) is 0 Å². The molecule has 0 aliphatic rings. The molecule has 2 aromatic carbocycles. The summed E-state index contributed by atoms with van der Waals surface area (Å²) in [6.07, 6.45) is -0.242. The number of carboxylic acids is 1. The Morgan fingerprint density at radius 2 is 1.79 bits per heavy atom. The van der Waals surface area contributed by atoms with Gasteiger partial charge in [-0.2, -0.15) is 0 Å². The highest BCUT2D eigenvalue weighted by atomic mass is 16.5. The number of aromatic amines is 1. The predicted octanol–water partition coefficient (Wildman–Crippen LogP) is 2.11. The van der Waals surface area contributed by atoms with Crippen molar-refractivity contribution in [3.63, 3.8) is 0 Å². The minimum Gasteiger partial charge on any atom is -0.491 e. The fraction of sp³-hybridized carbons (Fsp3) is 0.190. The van der Waals surface area contributed by atoms with E-state index in [2.05, 4.69) is 10.3 Å². The largest absolute Gasteiger partial charge is 0.491 e. The topological polar surface area (TPSA) is 108 Å². The molecule has 0 aliphatic carbocycles. The number of aliphatic carboxylic acids is 1. The van der Waals surface area contributed by atoms with Crippen LogP contribution in [0.1, 0.15) is 12.5 Å². The van der Waals surface area contributed by atoms with Crippen molar-refractivity contribution in [2.75, 3.05) is 6.61 Å². The van der Waals surface area contributed by atoms with Gasteiger partial charge in [-0.05, 0) is 36.6 Å². The zero-order valence-electron chi connectivity index (χ0n) is 15.3. The Kier molecular flexibility index (Phi) is 5.44. The number of nitrogens with one attached hydrogen (secondary N) is 2. The van der Waals surface area contributed by atoms with Crippen LogP contribution in [-0.2, 0) is 16.0 Å². The number of carbonyl (C=O) groups is 2. The molecule has 0 fully saturated rings. The molecular weight excluding hydrogens is 360 g/mol. The summed E-state index contributed by atoms with van der Waals surface area (Å²) in [5.74, 6) is -1.32. The van der Waals surface area contributed by atoms with E-state index in [9.17, 15) is 19.5 Å². The van der Waals surface area contributed by atoms with Crippen LogP contribution in [-0.4, -0.2) is 34.1 Å². The van der Waals surface area contributed by atoms with Gasteiger partial charge in [-0.3, -0.25) is 9.59 Å². The molecule has 0 aliphatic heterocycles. The maximum atomic E-state index is 12.4. The van der Waals surface area contributed by atoms with E-state index in [1.54, 1.807) is 42.5 Å². The fourth-order valence-corrected chi connectivity index (χ4v) is 2.74. The maximum Gasteiger partial charge on any atom is 0.332 e. The van der Waals surface area contributed by atoms with Crippen LogP contribution in [0.15, 0.2) is 65.5 Å². The number of pyridine rings is 1. The van der Waals surface area contributed by atoms with E-state index < -0.39 is 17.4 Å². The van der Waals surface area contributed by atoms with Gasteiger partial charge in [-0.25, -0.2) is 4.79 Å². The lowest BCUT2D eigenvalue weighted by molar-refractivity contribution is -0.148. The number of H-pyrrole nitrogens is 1. The minimum absolute atomic E-state index is 0.242.